The van der Waals surface area contributed by atoms with Crippen LogP contribution in [-0.2, 0) is 0 Å². The number of nitrogens with zero attached hydrogens (tertiary/aromatic N) is 3. The number of aliphatic hydroxyl groups is 1. The molecule has 1 aliphatic heterocycles. The lowest BCUT2D eigenvalue weighted by Crippen LogP contribution is -2.40. The first kappa shape index (κ1) is 30.0. The molecule has 40 heavy (non-hydrogen) atoms. The first-order valence-corrected chi connectivity index (χ1v) is 13.2. The third kappa shape index (κ3) is 6.32. The molecule has 1 aliphatic carbocycles. The molecule has 2 aliphatic rings. The Morgan fingerprint density at radius 1 is 1.25 bits per heavy atom. The molecule has 16 heteroatoms. The van der Waals surface area contributed by atoms with E-state index in [0.717, 1.165) is 18.0 Å². The van der Waals surface area contributed by atoms with Crippen molar-refractivity contribution in [3.63, 3.8) is 0 Å². The number of nitrogens with one attached hydrogen (secondary N) is 2. The van der Waals surface area contributed by atoms with Gasteiger partial charge in [-0.25, -0.2) is 27.5 Å². The van der Waals surface area contributed by atoms with Crippen LogP contribution in [0.3, 0.4) is 0 Å². The molecule has 0 radical (unpaired) electrons. The number of hydrogen-bond donors (Lipinski definition) is 3. The fourth-order valence-electron chi connectivity index (χ4n) is 4.73. The largest absolute Gasteiger partial charge is 0.408 e. The summed E-state index contributed by atoms with van der Waals surface area (Å²) in [4.78, 5) is 34.7. The number of rotatable bonds is 7. The van der Waals surface area contributed by atoms with Crippen LogP contribution in [0, 0.1) is 0 Å². The van der Waals surface area contributed by atoms with Crippen LogP contribution in [0.25, 0.3) is 10.4 Å². The molecule has 8 nitrogen and oxygen atoms in total. The second-order valence-corrected chi connectivity index (χ2v) is 11.0. The number of halogens is 7. The average Bonchev–Trinajstić information content (AvgIpc) is 3.54. The summed E-state index contributed by atoms with van der Waals surface area (Å²) >= 11 is 0.536. The third-order valence-electron chi connectivity index (χ3n) is 6.88. The van der Waals surface area contributed by atoms with Gasteiger partial charge in [0.15, 0.2) is 5.01 Å². The molecule has 0 unspecified atom stereocenters. The number of aliphatic hydroxyl groups excluding tert-OH is 1. The van der Waals surface area contributed by atoms with E-state index in [2.05, 4.69) is 15.3 Å². The Labute approximate surface area is 228 Å². The van der Waals surface area contributed by atoms with E-state index in [1.807, 2.05) is 5.32 Å². The molecule has 3 heterocycles. The average molecular weight is 598 g/mol. The number of carbonyl (C=O) groups is 2. The van der Waals surface area contributed by atoms with Crippen LogP contribution in [0.4, 0.5) is 36.6 Å². The minimum Gasteiger partial charge on any atom is -0.391 e. The van der Waals surface area contributed by atoms with Crippen molar-refractivity contribution in [1.82, 2.24) is 20.2 Å². The molecular formula is C24H26F7N5O3S. The third-order valence-corrected chi connectivity index (χ3v) is 7.97. The quantitative estimate of drug-likeness (QED) is 0.387. The molecule has 2 aromatic rings. The van der Waals surface area contributed by atoms with Gasteiger partial charge in [0.1, 0.15) is 17.6 Å². The van der Waals surface area contributed by atoms with Crippen molar-refractivity contribution in [2.24, 2.45) is 0 Å². The van der Waals surface area contributed by atoms with Gasteiger partial charge in [0.25, 0.3) is 24.2 Å². The molecule has 3 N–H and O–H groups in total. The van der Waals surface area contributed by atoms with Gasteiger partial charge in [-0.1, -0.05) is 0 Å². The van der Waals surface area contributed by atoms with E-state index in [9.17, 15) is 45.4 Å². The fraction of sp³-hybridized carbons (Fsp3) is 0.583. The van der Waals surface area contributed by atoms with E-state index in [1.165, 1.54) is 6.92 Å². The summed E-state index contributed by atoms with van der Waals surface area (Å²) < 4.78 is 95.3. The van der Waals surface area contributed by atoms with E-state index in [0.29, 0.717) is 36.7 Å². The number of alkyl halides is 7. The topological polar surface area (TPSA) is 107 Å². The van der Waals surface area contributed by atoms with Crippen molar-refractivity contribution in [2.45, 2.75) is 82.3 Å². The zero-order chi connectivity index (χ0) is 29.6. The van der Waals surface area contributed by atoms with Gasteiger partial charge < -0.3 is 20.6 Å². The zero-order valence-corrected chi connectivity index (χ0v) is 22.1. The second-order valence-electron chi connectivity index (χ2n) is 9.98. The van der Waals surface area contributed by atoms with Crippen LogP contribution < -0.4 is 10.6 Å². The molecule has 4 rings (SSSR count). The van der Waals surface area contributed by atoms with Crippen LogP contribution >= 0.6 is 11.3 Å². The molecule has 2 aromatic heterocycles. The summed E-state index contributed by atoms with van der Waals surface area (Å²) in [5, 5.41) is 14.3. The molecule has 0 spiro atoms. The predicted octanol–water partition coefficient (Wildman–Crippen LogP) is 5.02. The highest BCUT2D eigenvalue weighted by molar-refractivity contribution is 7.17. The van der Waals surface area contributed by atoms with Crippen LogP contribution in [-0.4, -0.2) is 74.7 Å². The summed E-state index contributed by atoms with van der Waals surface area (Å²) in [5.41, 5.74) is -1.73. The minimum absolute atomic E-state index is 0.275. The van der Waals surface area contributed by atoms with Gasteiger partial charge in [0.05, 0.1) is 23.6 Å². The van der Waals surface area contributed by atoms with Crippen LogP contribution in [0.2, 0.25) is 0 Å². The molecule has 2 amide bonds. The summed E-state index contributed by atoms with van der Waals surface area (Å²) in [5.74, 6) is -5.53. The maximum atomic E-state index is 14.1. The SMILES string of the molecule is C[C@H](Nc1cc(C(F)F)c(-c2sc(C(=O)N[C@H]3CCC[C@@H]3O)nc2C(=O)N2CC(F)(F)C[C@@H]2C)cn1)C(F)(F)F. The van der Waals surface area contributed by atoms with E-state index >= 15 is 0 Å². The Morgan fingerprint density at radius 2 is 1.95 bits per heavy atom. The minimum atomic E-state index is -4.69. The number of carbonyl (C=O) groups excluding carboxylic acids is 2. The Kier molecular flexibility index (Phi) is 8.32. The second kappa shape index (κ2) is 11.1. The zero-order valence-electron chi connectivity index (χ0n) is 21.2. The normalized spacial score (nSPS) is 23.5. The van der Waals surface area contributed by atoms with E-state index < -0.39 is 84.6 Å². The summed E-state index contributed by atoms with van der Waals surface area (Å²) in [6.45, 7) is 1.21. The number of anilines is 1. The summed E-state index contributed by atoms with van der Waals surface area (Å²) in [6.07, 6.45) is -6.98. The number of pyridine rings is 1. The monoisotopic (exact) mass is 597 g/mol. The van der Waals surface area contributed by atoms with Gasteiger partial charge >= 0.3 is 6.18 Å². The Balaban J connectivity index is 1.76. The van der Waals surface area contributed by atoms with E-state index in [1.54, 1.807) is 0 Å². The van der Waals surface area contributed by atoms with Gasteiger partial charge in [-0.2, -0.15) is 13.2 Å². The lowest BCUT2D eigenvalue weighted by molar-refractivity contribution is -0.138. The Morgan fingerprint density at radius 3 is 2.50 bits per heavy atom. The molecule has 0 aromatic carbocycles. The number of amides is 2. The first-order chi connectivity index (χ1) is 18.6. The molecule has 4 atom stereocenters. The number of aromatic nitrogens is 2. The lowest BCUT2D eigenvalue weighted by Gasteiger charge is -2.21. The van der Waals surface area contributed by atoms with Gasteiger partial charge in [-0.05, 0) is 39.2 Å². The lowest BCUT2D eigenvalue weighted by atomic mass is 10.1. The van der Waals surface area contributed by atoms with E-state index in [-0.39, 0.29) is 15.4 Å². The van der Waals surface area contributed by atoms with Crippen molar-refractivity contribution in [2.75, 3.05) is 11.9 Å². The van der Waals surface area contributed by atoms with Crippen LogP contribution in [0.5, 0.6) is 0 Å². The smallest absolute Gasteiger partial charge is 0.391 e. The van der Waals surface area contributed by atoms with Crippen molar-refractivity contribution >= 4 is 29.0 Å². The number of hydrogen-bond acceptors (Lipinski definition) is 7. The number of thiazole rings is 1. The van der Waals surface area contributed by atoms with Crippen molar-refractivity contribution < 1.29 is 45.4 Å². The highest BCUT2D eigenvalue weighted by Crippen LogP contribution is 2.40. The predicted molar refractivity (Wildman–Crippen MR) is 131 cm³/mol. The fourth-order valence-corrected chi connectivity index (χ4v) is 5.72. The summed E-state index contributed by atoms with van der Waals surface area (Å²) in [7, 11) is 0. The Hall–Kier alpha value is -3.01. The number of likely N-dealkylation sites (tertiary alicyclic amines) is 1. The van der Waals surface area contributed by atoms with Crippen molar-refractivity contribution in [3.8, 4) is 10.4 Å². The molecular weight excluding hydrogens is 571 g/mol. The molecule has 1 saturated heterocycles. The molecule has 1 saturated carbocycles. The van der Waals surface area contributed by atoms with Gasteiger partial charge in [0.2, 0.25) is 0 Å². The Bertz CT molecular complexity index is 1270. The summed E-state index contributed by atoms with van der Waals surface area (Å²) in [6, 6.07) is -2.95. The van der Waals surface area contributed by atoms with Crippen molar-refractivity contribution in [3.05, 3.63) is 28.5 Å². The maximum absolute atomic E-state index is 14.1. The van der Waals surface area contributed by atoms with Gasteiger partial charge in [0, 0.05) is 29.8 Å². The van der Waals surface area contributed by atoms with Crippen molar-refractivity contribution in [1.29, 1.82) is 0 Å². The molecule has 220 valence electrons. The highest BCUT2D eigenvalue weighted by Gasteiger charge is 2.46. The standard InChI is InChI=1S/C24H26F7N5O3S/c1-10-7-23(27,28)9-36(10)22(39)17-18(40-21(35-17)20(38)34-14-4-3-5-15(14)37)13-8-32-16(6-12(13)19(25)26)33-11(2)24(29,30)31/h6,8,10-11,14-15,19,37H,3-5,7,9H2,1-2H3,(H,32,33)(H,34,38)/t10-,11-,14-,15-/m0/s1. The first-order valence-electron chi connectivity index (χ1n) is 12.4. The highest BCUT2D eigenvalue weighted by atomic mass is 32.1. The van der Waals surface area contributed by atoms with Crippen LogP contribution in [0.1, 0.15) is 71.8 Å². The van der Waals surface area contributed by atoms with E-state index in [4.69, 9.17) is 0 Å². The molecule has 0 bridgehead atoms. The van der Waals surface area contributed by atoms with Gasteiger partial charge in [-0.15, -0.1) is 11.3 Å². The van der Waals surface area contributed by atoms with Gasteiger partial charge in [-0.3, -0.25) is 9.59 Å². The molecule has 2 fully saturated rings. The van der Waals surface area contributed by atoms with Crippen LogP contribution in [0.15, 0.2) is 12.3 Å². The maximum Gasteiger partial charge on any atom is 0.408 e.